The summed E-state index contributed by atoms with van der Waals surface area (Å²) in [6.07, 6.45) is 0.815. The van der Waals surface area contributed by atoms with Gasteiger partial charge in [0.25, 0.3) is 0 Å². The minimum absolute atomic E-state index is 0.0452. The summed E-state index contributed by atoms with van der Waals surface area (Å²) in [5, 5.41) is 3.67. The Labute approximate surface area is 165 Å². The Morgan fingerprint density at radius 2 is 1.52 bits per heavy atom. The molecule has 0 saturated heterocycles. The fourth-order valence-electron chi connectivity index (χ4n) is 4.26. The van der Waals surface area contributed by atoms with Crippen molar-refractivity contribution in [2.24, 2.45) is 5.92 Å². The molecule has 27 heavy (non-hydrogen) atoms. The van der Waals surface area contributed by atoms with E-state index in [0.29, 0.717) is 5.02 Å². The molecule has 1 atom stereocenters. The molecule has 0 unspecified atom stereocenters. The van der Waals surface area contributed by atoms with Crippen LogP contribution < -0.4 is 5.32 Å². The van der Waals surface area contributed by atoms with Gasteiger partial charge in [-0.15, -0.1) is 0 Å². The van der Waals surface area contributed by atoms with E-state index in [9.17, 15) is 4.79 Å². The zero-order chi connectivity index (χ0) is 19.0. The summed E-state index contributed by atoms with van der Waals surface area (Å²) in [5.41, 5.74) is 5.40. The molecule has 0 heterocycles. The molecule has 1 saturated carbocycles. The van der Waals surface area contributed by atoms with E-state index in [-0.39, 0.29) is 17.2 Å². The van der Waals surface area contributed by atoms with Gasteiger partial charge in [-0.05, 0) is 60.7 Å². The van der Waals surface area contributed by atoms with Crippen LogP contribution in [0.25, 0.3) is 0 Å². The zero-order valence-electron chi connectivity index (χ0n) is 15.5. The number of aryl methyl sites for hydroxylation is 2. The summed E-state index contributed by atoms with van der Waals surface area (Å²) in [6.45, 7) is 4.25. The maximum Gasteiger partial charge on any atom is 0.228 e. The second-order valence-electron chi connectivity index (χ2n) is 7.36. The molecular weight excluding hydrogens is 354 g/mol. The molecule has 3 aromatic rings. The molecule has 1 aliphatic carbocycles. The molecule has 3 heteroatoms. The van der Waals surface area contributed by atoms with E-state index < -0.39 is 0 Å². The maximum absolute atomic E-state index is 13.1. The van der Waals surface area contributed by atoms with E-state index in [4.69, 9.17) is 11.6 Å². The fourth-order valence-corrected chi connectivity index (χ4v) is 4.45. The smallest absolute Gasteiger partial charge is 0.228 e. The number of benzene rings is 3. The molecule has 1 amide bonds. The highest BCUT2D eigenvalue weighted by Crippen LogP contribution is 2.60. The van der Waals surface area contributed by atoms with E-state index >= 15 is 0 Å². The van der Waals surface area contributed by atoms with E-state index in [0.717, 1.165) is 12.1 Å². The second kappa shape index (κ2) is 6.86. The highest BCUT2D eigenvalue weighted by atomic mass is 35.5. The molecule has 136 valence electrons. The Morgan fingerprint density at radius 3 is 2.07 bits per heavy atom. The number of hydrogen-bond donors (Lipinski definition) is 1. The van der Waals surface area contributed by atoms with Crippen molar-refractivity contribution in [2.45, 2.75) is 25.7 Å². The average molecular weight is 376 g/mol. The number of halogens is 1. The molecule has 0 aromatic heterocycles. The normalized spacial score (nSPS) is 17.4. The summed E-state index contributed by atoms with van der Waals surface area (Å²) in [6, 6.07) is 24.1. The third kappa shape index (κ3) is 3.15. The highest BCUT2D eigenvalue weighted by Gasteiger charge is 2.61. The van der Waals surface area contributed by atoms with Gasteiger partial charge in [0, 0.05) is 16.1 Å². The molecule has 0 bridgehead atoms. The van der Waals surface area contributed by atoms with Crippen LogP contribution in [0.1, 0.15) is 28.7 Å². The van der Waals surface area contributed by atoms with Crippen LogP contribution in [0.4, 0.5) is 5.69 Å². The second-order valence-corrected chi connectivity index (χ2v) is 7.79. The van der Waals surface area contributed by atoms with Crippen LogP contribution in [-0.4, -0.2) is 5.91 Å². The lowest BCUT2D eigenvalue weighted by Crippen LogP contribution is -2.23. The Kier molecular flexibility index (Phi) is 4.53. The predicted molar refractivity (Wildman–Crippen MR) is 111 cm³/mol. The summed E-state index contributed by atoms with van der Waals surface area (Å²) in [5.74, 6) is -0.0533. The minimum Gasteiger partial charge on any atom is -0.326 e. The van der Waals surface area contributed by atoms with Crippen LogP contribution in [0.3, 0.4) is 0 Å². The molecule has 1 N–H and O–H groups in total. The van der Waals surface area contributed by atoms with Crippen molar-refractivity contribution in [3.05, 3.63) is 100 Å². The monoisotopic (exact) mass is 375 g/mol. The summed E-state index contributed by atoms with van der Waals surface area (Å²) >= 11 is 6.06. The lowest BCUT2D eigenvalue weighted by Gasteiger charge is -2.23. The molecule has 2 nitrogen and oxygen atoms in total. The van der Waals surface area contributed by atoms with Gasteiger partial charge in [0.2, 0.25) is 5.91 Å². The zero-order valence-corrected chi connectivity index (χ0v) is 16.3. The third-order valence-corrected chi connectivity index (χ3v) is 5.86. The van der Waals surface area contributed by atoms with Gasteiger partial charge in [0.1, 0.15) is 0 Å². The van der Waals surface area contributed by atoms with E-state index in [1.807, 2.05) is 24.3 Å². The number of nitrogens with one attached hydrogen (secondary N) is 1. The average Bonchev–Trinajstić information content (AvgIpc) is 3.39. The van der Waals surface area contributed by atoms with Gasteiger partial charge in [0.05, 0.1) is 5.92 Å². The standard InChI is InChI=1S/C24H22ClNO/c1-16-8-3-5-12-20(16)24(21-13-6-4-9-17(21)2)15-22(24)23(27)26-19-11-7-10-18(25)14-19/h3-14,22H,15H2,1-2H3,(H,26,27)/t22-/m1/s1. The minimum atomic E-state index is -0.265. The number of rotatable bonds is 4. The predicted octanol–water partition coefficient (Wildman–Crippen LogP) is 5.90. The number of hydrogen-bond acceptors (Lipinski definition) is 1. The van der Waals surface area contributed by atoms with Crippen LogP contribution in [0, 0.1) is 19.8 Å². The number of carbonyl (C=O) groups excluding carboxylic acids is 1. The van der Waals surface area contributed by atoms with Crippen molar-refractivity contribution in [3.8, 4) is 0 Å². The van der Waals surface area contributed by atoms with Gasteiger partial charge in [-0.3, -0.25) is 4.79 Å². The molecule has 3 aromatic carbocycles. The Hall–Kier alpha value is -2.58. The number of amides is 1. The van der Waals surface area contributed by atoms with Crippen LogP contribution >= 0.6 is 11.6 Å². The largest absolute Gasteiger partial charge is 0.326 e. The van der Waals surface area contributed by atoms with Crippen molar-refractivity contribution in [1.82, 2.24) is 0 Å². The highest BCUT2D eigenvalue weighted by molar-refractivity contribution is 6.30. The van der Waals surface area contributed by atoms with Gasteiger partial charge in [0.15, 0.2) is 0 Å². The Balaban J connectivity index is 1.73. The van der Waals surface area contributed by atoms with Gasteiger partial charge in [-0.1, -0.05) is 66.2 Å². The SMILES string of the molecule is Cc1ccccc1C1(c2ccccc2C)C[C@@H]1C(=O)Nc1cccc(Cl)c1. The first-order valence-electron chi connectivity index (χ1n) is 9.21. The van der Waals surface area contributed by atoms with Crippen LogP contribution in [0.2, 0.25) is 5.02 Å². The molecule has 0 spiro atoms. The molecule has 1 fully saturated rings. The van der Waals surface area contributed by atoms with Gasteiger partial charge in [-0.25, -0.2) is 0 Å². The van der Waals surface area contributed by atoms with Gasteiger partial charge < -0.3 is 5.32 Å². The fraction of sp³-hybridized carbons (Fsp3) is 0.208. The summed E-state index contributed by atoms with van der Waals surface area (Å²) in [7, 11) is 0. The van der Waals surface area contributed by atoms with Crippen LogP contribution in [-0.2, 0) is 10.2 Å². The molecule has 4 rings (SSSR count). The van der Waals surface area contributed by atoms with Crippen molar-refractivity contribution in [3.63, 3.8) is 0 Å². The number of anilines is 1. The first-order valence-corrected chi connectivity index (χ1v) is 9.59. The van der Waals surface area contributed by atoms with Crippen molar-refractivity contribution in [1.29, 1.82) is 0 Å². The van der Waals surface area contributed by atoms with Crippen molar-refractivity contribution >= 4 is 23.2 Å². The molecule has 0 radical (unpaired) electrons. The third-order valence-electron chi connectivity index (χ3n) is 5.62. The lowest BCUT2D eigenvalue weighted by atomic mass is 9.81. The van der Waals surface area contributed by atoms with E-state index in [1.54, 1.807) is 12.1 Å². The van der Waals surface area contributed by atoms with Gasteiger partial charge in [-0.2, -0.15) is 0 Å². The van der Waals surface area contributed by atoms with E-state index in [2.05, 4.69) is 55.6 Å². The lowest BCUT2D eigenvalue weighted by molar-refractivity contribution is -0.117. The van der Waals surface area contributed by atoms with Crippen molar-refractivity contribution in [2.75, 3.05) is 5.32 Å². The van der Waals surface area contributed by atoms with Crippen molar-refractivity contribution < 1.29 is 4.79 Å². The topological polar surface area (TPSA) is 29.1 Å². The van der Waals surface area contributed by atoms with Crippen LogP contribution in [0.5, 0.6) is 0 Å². The Bertz CT molecular complexity index is 965. The molecule has 1 aliphatic rings. The Morgan fingerprint density at radius 1 is 0.926 bits per heavy atom. The van der Waals surface area contributed by atoms with Crippen LogP contribution in [0.15, 0.2) is 72.8 Å². The first-order chi connectivity index (χ1) is 13.0. The molecule has 0 aliphatic heterocycles. The number of carbonyl (C=O) groups is 1. The first kappa shape index (κ1) is 17.8. The quantitative estimate of drug-likeness (QED) is 0.604. The summed E-state index contributed by atoms with van der Waals surface area (Å²) < 4.78 is 0. The van der Waals surface area contributed by atoms with E-state index in [1.165, 1.54) is 22.3 Å². The molecular formula is C24H22ClNO. The summed E-state index contributed by atoms with van der Waals surface area (Å²) in [4.78, 5) is 13.1. The maximum atomic E-state index is 13.1. The van der Waals surface area contributed by atoms with Gasteiger partial charge >= 0.3 is 0 Å².